The smallest absolute Gasteiger partial charge is 0.339 e. The Kier molecular flexibility index (Phi) is 2.13. The Morgan fingerprint density at radius 1 is 2.00 bits per heavy atom. The molecule has 0 aromatic rings. The maximum Gasteiger partial charge on any atom is 0.485 e. The summed E-state index contributed by atoms with van der Waals surface area (Å²) in [4.78, 5) is 8.18. The van der Waals surface area contributed by atoms with Crippen LogP contribution < -0.4 is 0 Å². The van der Waals surface area contributed by atoms with Crippen molar-refractivity contribution in [2.45, 2.75) is 6.92 Å². The van der Waals surface area contributed by atoms with Crippen LogP contribution in [0.15, 0.2) is 12.8 Å². The van der Waals surface area contributed by atoms with Crippen molar-refractivity contribution in [2.75, 3.05) is 0 Å². The maximum absolute atomic E-state index is 8.18. The molecule has 2 nitrogen and oxygen atoms in total. The highest BCUT2D eigenvalue weighted by atomic mass is 16.5. The largest absolute Gasteiger partial charge is 0.485 e. The lowest BCUT2D eigenvalue weighted by Gasteiger charge is -1.70. The molecule has 0 bridgehead atoms. The number of hydrogen-bond acceptors (Lipinski definition) is 1. The van der Waals surface area contributed by atoms with Crippen LogP contribution in [0.4, 0.5) is 0 Å². The summed E-state index contributed by atoms with van der Waals surface area (Å²) < 4.78 is 4.28. The van der Waals surface area contributed by atoms with Crippen molar-refractivity contribution >= 4 is 5.97 Å². The van der Waals surface area contributed by atoms with Gasteiger partial charge >= 0.3 is 5.97 Å². The molecule has 34 valence electrons. The van der Waals surface area contributed by atoms with Crippen molar-refractivity contribution in [3.8, 4) is 0 Å². The molecule has 0 heterocycles. The SMILES string of the molecule is C=COC(C)=[OH+]. The second-order valence-electron chi connectivity index (χ2n) is 0.804. The van der Waals surface area contributed by atoms with Gasteiger partial charge in [-0.15, -0.1) is 0 Å². The summed E-state index contributed by atoms with van der Waals surface area (Å²) in [6, 6.07) is 0. The lowest BCUT2D eigenvalue weighted by Crippen LogP contribution is -1.88. The van der Waals surface area contributed by atoms with Crippen molar-refractivity contribution < 1.29 is 9.53 Å². The van der Waals surface area contributed by atoms with Crippen LogP contribution in [0.3, 0.4) is 0 Å². The van der Waals surface area contributed by atoms with Gasteiger partial charge in [-0.25, -0.2) is 0 Å². The first kappa shape index (κ1) is 5.21. The van der Waals surface area contributed by atoms with E-state index in [4.69, 9.17) is 4.79 Å². The fourth-order valence-corrected chi connectivity index (χ4v) is 0.121. The third-order valence-electron chi connectivity index (χ3n) is 0.254. The van der Waals surface area contributed by atoms with Gasteiger partial charge in [0.1, 0.15) is 0 Å². The van der Waals surface area contributed by atoms with Gasteiger partial charge in [0.15, 0.2) is 0 Å². The first-order valence-corrected chi connectivity index (χ1v) is 1.57. The molecule has 0 spiro atoms. The van der Waals surface area contributed by atoms with Gasteiger partial charge in [0.25, 0.3) is 0 Å². The highest BCUT2D eigenvalue weighted by molar-refractivity contribution is 5.67. The molecule has 0 rings (SSSR count). The van der Waals surface area contributed by atoms with Crippen LogP contribution in [0, 0.1) is 0 Å². The predicted molar refractivity (Wildman–Crippen MR) is 23.9 cm³/mol. The fourth-order valence-electron chi connectivity index (χ4n) is 0.121. The standard InChI is InChI=1S/C4H6O2/c1-3-6-4(2)5/h3H,1H2,2H3/p+1. The first-order valence-electron chi connectivity index (χ1n) is 1.57. The van der Waals surface area contributed by atoms with E-state index >= 15 is 0 Å². The van der Waals surface area contributed by atoms with Crippen molar-refractivity contribution in [3.63, 3.8) is 0 Å². The monoisotopic (exact) mass is 87.0 g/mol. The quantitative estimate of drug-likeness (QED) is 0.262. The molecule has 0 unspecified atom stereocenters. The summed E-state index contributed by atoms with van der Waals surface area (Å²) in [7, 11) is 0. The van der Waals surface area contributed by atoms with E-state index in [9.17, 15) is 0 Å². The van der Waals surface area contributed by atoms with Crippen LogP contribution in [-0.2, 0) is 4.74 Å². The summed E-state index contributed by atoms with van der Waals surface area (Å²) in [6.45, 7) is 4.63. The maximum atomic E-state index is 8.18. The van der Waals surface area contributed by atoms with E-state index in [0.717, 1.165) is 6.26 Å². The highest BCUT2D eigenvalue weighted by Crippen LogP contribution is 1.69. The van der Waals surface area contributed by atoms with Crippen molar-refractivity contribution in [1.82, 2.24) is 0 Å². The van der Waals surface area contributed by atoms with E-state index in [1.165, 1.54) is 6.92 Å². The van der Waals surface area contributed by atoms with E-state index < -0.39 is 0 Å². The van der Waals surface area contributed by atoms with Gasteiger partial charge in [-0.2, -0.15) is 0 Å². The Morgan fingerprint density at radius 2 is 2.50 bits per heavy atom. The average Bonchev–Trinajstić information content (AvgIpc) is 1.35. The Morgan fingerprint density at radius 3 is 2.50 bits per heavy atom. The molecule has 0 aromatic carbocycles. The lowest BCUT2D eigenvalue weighted by atomic mass is 10.8. The average molecular weight is 87.1 g/mol. The zero-order valence-corrected chi connectivity index (χ0v) is 3.64. The molecule has 1 N–H and O–H groups in total. The van der Waals surface area contributed by atoms with Crippen LogP contribution in [0.5, 0.6) is 0 Å². The zero-order chi connectivity index (χ0) is 4.99. The molecule has 0 aliphatic heterocycles. The summed E-state index contributed by atoms with van der Waals surface area (Å²) in [5.41, 5.74) is 0. The molecule has 0 amide bonds. The molecule has 0 aromatic heterocycles. The lowest BCUT2D eigenvalue weighted by molar-refractivity contribution is 0.406. The number of rotatable bonds is 1. The van der Waals surface area contributed by atoms with Gasteiger partial charge in [-0.05, 0) is 6.58 Å². The molecule has 0 radical (unpaired) electrons. The summed E-state index contributed by atoms with van der Waals surface area (Å²) in [6.07, 6.45) is 1.16. The Labute approximate surface area is 36.4 Å². The van der Waals surface area contributed by atoms with Crippen molar-refractivity contribution in [3.05, 3.63) is 12.8 Å². The first-order chi connectivity index (χ1) is 2.77. The summed E-state index contributed by atoms with van der Waals surface area (Å²) in [5.74, 6) is -0.0787. The topological polar surface area (TPSA) is 30.6 Å². The van der Waals surface area contributed by atoms with Crippen LogP contribution >= 0.6 is 0 Å². The van der Waals surface area contributed by atoms with Gasteiger partial charge in [0.05, 0.1) is 6.92 Å². The van der Waals surface area contributed by atoms with Gasteiger partial charge < -0.3 is 4.79 Å². The van der Waals surface area contributed by atoms with Gasteiger partial charge in [-0.1, -0.05) is 0 Å². The number of hydrogen-bond donors (Lipinski definition) is 0. The Bertz CT molecular complexity index is 65.9. The van der Waals surface area contributed by atoms with Gasteiger partial charge in [0, 0.05) is 0 Å². The molecule has 0 saturated heterocycles. The van der Waals surface area contributed by atoms with Crippen LogP contribution in [-0.4, -0.2) is 10.8 Å². The normalized spacial score (nSPS) is 6.83. The van der Waals surface area contributed by atoms with Crippen LogP contribution in [0.2, 0.25) is 0 Å². The fraction of sp³-hybridized carbons (Fsp3) is 0.250. The Hall–Kier alpha value is -0.790. The van der Waals surface area contributed by atoms with E-state index in [-0.39, 0.29) is 5.97 Å². The predicted octanol–water partition coefficient (Wildman–Crippen LogP) is 0.669. The van der Waals surface area contributed by atoms with E-state index in [0.29, 0.717) is 0 Å². The minimum atomic E-state index is -0.0787. The third-order valence-corrected chi connectivity index (χ3v) is 0.254. The van der Waals surface area contributed by atoms with E-state index in [1.54, 1.807) is 0 Å². The number of esters is 1. The van der Waals surface area contributed by atoms with Crippen LogP contribution in [0.25, 0.3) is 0 Å². The summed E-state index contributed by atoms with van der Waals surface area (Å²) >= 11 is 0. The minimum absolute atomic E-state index is 0.0787. The molecule has 0 atom stereocenters. The third kappa shape index (κ3) is 3.21. The van der Waals surface area contributed by atoms with Crippen molar-refractivity contribution in [2.24, 2.45) is 0 Å². The molecular formula is C4H7O2+. The molecule has 2 heteroatoms. The molecular weight excluding hydrogens is 80.0 g/mol. The molecule has 0 aliphatic rings. The molecule has 6 heavy (non-hydrogen) atoms. The molecule has 0 saturated carbocycles. The number of ether oxygens (including phenoxy) is 1. The molecule has 0 aliphatic carbocycles. The van der Waals surface area contributed by atoms with Gasteiger partial charge in [0.2, 0.25) is 6.26 Å². The molecule has 0 fully saturated rings. The number of carbonyl (C=O) groups excluding carboxylic acids is 1. The van der Waals surface area contributed by atoms with E-state index in [1.807, 2.05) is 0 Å². The van der Waals surface area contributed by atoms with E-state index in [2.05, 4.69) is 11.3 Å². The van der Waals surface area contributed by atoms with Crippen molar-refractivity contribution in [1.29, 1.82) is 0 Å². The highest BCUT2D eigenvalue weighted by Gasteiger charge is 1.92. The summed E-state index contributed by atoms with van der Waals surface area (Å²) in [5, 5.41) is 0. The minimum Gasteiger partial charge on any atom is -0.339 e. The van der Waals surface area contributed by atoms with Gasteiger partial charge in [-0.3, -0.25) is 4.74 Å². The van der Waals surface area contributed by atoms with Crippen LogP contribution in [0.1, 0.15) is 6.92 Å². The second-order valence-corrected chi connectivity index (χ2v) is 0.804. The Balaban J connectivity index is 3.05. The zero-order valence-electron chi connectivity index (χ0n) is 3.64. The second kappa shape index (κ2) is 2.45.